The molecule has 1 aromatic heterocycles. The first kappa shape index (κ1) is 27.2. The summed E-state index contributed by atoms with van der Waals surface area (Å²) in [5.74, 6) is -0.236. The summed E-state index contributed by atoms with van der Waals surface area (Å²) in [6.07, 6.45) is -7.31. The Bertz CT molecular complexity index is 1140. The first-order chi connectivity index (χ1) is 17.6. The Kier molecular flexibility index (Phi) is 8.00. The van der Waals surface area contributed by atoms with Crippen molar-refractivity contribution in [3.63, 3.8) is 0 Å². The summed E-state index contributed by atoms with van der Waals surface area (Å²) in [7, 11) is 1.28. The zero-order valence-electron chi connectivity index (χ0n) is 21.0. The number of aromatic nitrogens is 2. The molecule has 1 saturated heterocycles. The van der Waals surface area contributed by atoms with E-state index in [1.165, 1.54) is 13.2 Å². The van der Waals surface area contributed by atoms with E-state index >= 15 is 0 Å². The van der Waals surface area contributed by atoms with Crippen molar-refractivity contribution in [3.05, 3.63) is 52.0 Å². The summed E-state index contributed by atoms with van der Waals surface area (Å²) < 4.78 is 70.8. The Labute approximate surface area is 212 Å². The smallest absolute Gasteiger partial charge is 0.264 e. The number of methoxy groups -OCH3 is 1. The van der Waals surface area contributed by atoms with Gasteiger partial charge in [0.25, 0.3) is 18.8 Å². The molecule has 8 nitrogen and oxygen atoms in total. The molecule has 0 radical (unpaired) electrons. The maximum absolute atomic E-state index is 13.5. The molecule has 2 heterocycles. The Hall–Kier alpha value is -2.83. The number of halogens is 4. The van der Waals surface area contributed by atoms with Crippen LogP contribution >= 0.6 is 0 Å². The lowest BCUT2D eigenvalue weighted by Gasteiger charge is -2.26. The van der Waals surface area contributed by atoms with Crippen molar-refractivity contribution in [2.24, 2.45) is 0 Å². The number of hydrogen-bond acceptors (Lipinski definition) is 7. The van der Waals surface area contributed by atoms with E-state index in [4.69, 9.17) is 14.2 Å². The molecule has 2 aromatic rings. The van der Waals surface area contributed by atoms with Gasteiger partial charge >= 0.3 is 0 Å². The number of nitrogens with one attached hydrogen (secondary N) is 2. The van der Waals surface area contributed by atoms with Gasteiger partial charge in [-0.25, -0.2) is 27.5 Å². The second-order valence-corrected chi connectivity index (χ2v) is 9.28. The molecule has 0 bridgehead atoms. The lowest BCUT2D eigenvalue weighted by atomic mass is 9.97. The number of rotatable bonds is 10. The number of alkyl halides is 4. The topological polar surface area (TPSA) is 94.6 Å². The van der Waals surface area contributed by atoms with Gasteiger partial charge in [-0.3, -0.25) is 4.79 Å². The molecule has 2 N–H and O–H groups in total. The molecule has 1 amide bonds. The van der Waals surface area contributed by atoms with Gasteiger partial charge in [0.2, 0.25) is 0 Å². The summed E-state index contributed by atoms with van der Waals surface area (Å²) in [5, 5.41) is 5.64. The first-order valence-corrected chi connectivity index (χ1v) is 12.0. The van der Waals surface area contributed by atoms with E-state index in [-0.39, 0.29) is 54.5 Å². The van der Waals surface area contributed by atoms with Crippen LogP contribution in [-0.2, 0) is 19.0 Å². The third kappa shape index (κ3) is 5.55. The van der Waals surface area contributed by atoms with Crippen LogP contribution in [0.1, 0.15) is 78.4 Å². The molecule has 2 fully saturated rings. The Morgan fingerprint density at radius 3 is 2.32 bits per heavy atom. The van der Waals surface area contributed by atoms with Crippen molar-refractivity contribution in [2.75, 3.05) is 25.6 Å². The highest BCUT2D eigenvalue weighted by molar-refractivity contribution is 5.83. The summed E-state index contributed by atoms with van der Waals surface area (Å²) >= 11 is 0. The minimum Gasteiger partial charge on any atom is -0.365 e. The SMILES string of the molecule is COC(C(=O)NC1(C(F)F)CC1)c1nc(C)nc(N[C@H](C)c2cccc(C(F)F)c2C)c1C1OCCO1. The fraction of sp³-hybridized carbons (Fsp3) is 0.560. The van der Waals surface area contributed by atoms with Gasteiger partial charge in [0, 0.05) is 12.7 Å². The van der Waals surface area contributed by atoms with E-state index < -0.39 is 42.7 Å². The number of nitrogens with zero attached hydrogens (tertiary/aromatic N) is 2. The number of ether oxygens (including phenoxy) is 3. The van der Waals surface area contributed by atoms with Gasteiger partial charge in [-0.15, -0.1) is 0 Å². The van der Waals surface area contributed by atoms with Gasteiger partial charge in [0.05, 0.1) is 30.5 Å². The predicted octanol–water partition coefficient (Wildman–Crippen LogP) is 4.85. The van der Waals surface area contributed by atoms with Gasteiger partial charge in [-0.05, 0) is 44.7 Å². The first-order valence-electron chi connectivity index (χ1n) is 12.0. The van der Waals surface area contributed by atoms with E-state index in [2.05, 4.69) is 20.6 Å². The van der Waals surface area contributed by atoms with E-state index in [1.807, 2.05) is 0 Å². The van der Waals surface area contributed by atoms with Crippen molar-refractivity contribution in [2.45, 2.75) is 70.4 Å². The summed E-state index contributed by atoms with van der Waals surface area (Å²) in [4.78, 5) is 22.0. The summed E-state index contributed by atoms with van der Waals surface area (Å²) in [6.45, 7) is 5.57. The Morgan fingerprint density at radius 2 is 1.76 bits per heavy atom. The number of carbonyl (C=O) groups is 1. The van der Waals surface area contributed by atoms with Crippen LogP contribution in [0.3, 0.4) is 0 Å². The predicted molar refractivity (Wildman–Crippen MR) is 125 cm³/mol. The molecule has 202 valence electrons. The van der Waals surface area contributed by atoms with Crippen LogP contribution < -0.4 is 10.6 Å². The largest absolute Gasteiger partial charge is 0.365 e. The number of amides is 1. The molecule has 2 atom stereocenters. The van der Waals surface area contributed by atoms with Crippen LogP contribution in [0.25, 0.3) is 0 Å². The van der Waals surface area contributed by atoms with E-state index in [0.717, 1.165) is 0 Å². The summed E-state index contributed by atoms with van der Waals surface area (Å²) in [6, 6.07) is 4.19. The molecular formula is C25H30F4N4O4. The van der Waals surface area contributed by atoms with Crippen LogP contribution in [0.15, 0.2) is 18.2 Å². The third-order valence-electron chi connectivity index (χ3n) is 6.72. The molecule has 1 unspecified atom stereocenters. The summed E-state index contributed by atoms with van der Waals surface area (Å²) in [5.41, 5.74) is -0.187. The minimum absolute atomic E-state index is 0.0717. The number of anilines is 1. The molecule has 37 heavy (non-hydrogen) atoms. The Morgan fingerprint density at radius 1 is 1.11 bits per heavy atom. The quantitative estimate of drug-likeness (QED) is 0.428. The number of aryl methyl sites for hydroxylation is 1. The fourth-order valence-corrected chi connectivity index (χ4v) is 4.52. The van der Waals surface area contributed by atoms with Crippen molar-refractivity contribution in [3.8, 4) is 0 Å². The van der Waals surface area contributed by atoms with Crippen molar-refractivity contribution < 1.29 is 36.6 Å². The highest BCUT2D eigenvalue weighted by atomic mass is 19.3. The highest BCUT2D eigenvalue weighted by Crippen LogP contribution is 2.42. The fourth-order valence-electron chi connectivity index (χ4n) is 4.52. The van der Waals surface area contributed by atoms with Gasteiger partial charge in [-0.2, -0.15) is 0 Å². The van der Waals surface area contributed by atoms with Gasteiger partial charge in [0.1, 0.15) is 17.2 Å². The monoisotopic (exact) mass is 526 g/mol. The Balaban J connectivity index is 1.73. The highest BCUT2D eigenvalue weighted by Gasteiger charge is 2.53. The van der Waals surface area contributed by atoms with Crippen molar-refractivity contribution in [1.29, 1.82) is 0 Å². The lowest BCUT2D eigenvalue weighted by Crippen LogP contribution is -2.45. The normalized spacial score (nSPS) is 18.8. The van der Waals surface area contributed by atoms with Crippen LogP contribution in [-0.4, -0.2) is 48.2 Å². The van der Waals surface area contributed by atoms with Gasteiger partial charge < -0.3 is 24.8 Å². The minimum atomic E-state index is -2.72. The molecule has 1 aliphatic heterocycles. The van der Waals surface area contributed by atoms with E-state index in [0.29, 0.717) is 11.1 Å². The van der Waals surface area contributed by atoms with Gasteiger partial charge in [0.15, 0.2) is 12.4 Å². The van der Waals surface area contributed by atoms with Crippen LogP contribution in [0.4, 0.5) is 23.4 Å². The number of hydrogen-bond donors (Lipinski definition) is 2. The average Bonchev–Trinajstić information content (AvgIpc) is 3.42. The molecule has 2 aliphatic rings. The average molecular weight is 527 g/mol. The van der Waals surface area contributed by atoms with Crippen LogP contribution in [0.5, 0.6) is 0 Å². The molecule has 1 saturated carbocycles. The van der Waals surface area contributed by atoms with Gasteiger partial charge in [-0.1, -0.05) is 18.2 Å². The number of carbonyl (C=O) groups excluding carboxylic acids is 1. The van der Waals surface area contributed by atoms with E-state index in [9.17, 15) is 22.4 Å². The van der Waals surface area contributed by atoms with Crippen molar-refractivity contribution >= 4 is 11.7 Å². The molecular weight excluding hydrogens is 496 g/mol. The standard InChI is InChI=1S/C25H30F4N4O4/c1-12-15(6-5-7-16(12)20(26)27)13(2)30-21-17(23-36-10-11-37-23)18(31-14(3)32-21)19(35-4)22(34)33-25(8-9-25)24(28)29/h5-7,13,19-20,23-24H,8-11H2,1-4H3,(H,33,34)(H,30,31,32)/t13-,19?/m1/s1. The molecule has 12 heteroatoms. The van der Waals surface area contributed by atoms with E-state index in [1.54, 1.807) is 32.9 Å². The molecule has 1 aromatic carbocycles. The maximum atomic E-state index is 13.5. The molecule has 4 rings (SSSR count). The third-order valence-corrected chi connectivity index (χ3v) is 6.72. The second kappa shape index (κ2) is 10.9. The van der Waals surface area contributed by atoms with Crippen LogP contribution in [0, 0.1) is 13.8 Å². The van der Waals surface area contributed by atoms with Crippen molar-refractivity contribution in [1.82, 2.24) is 15.3 Å². The zero-order chi connectivity index (χ0) is 26.9. The maximum Gasteiger partial charge on any atom is 0.264 e. The number of benzene rings is 1. The lowest BCUT2D eigenvalue weighted by molar-refractivity contribution is -0.134. The second-order valence-electron chi connectivity index (χ2n) is 9.28. The van der Waals surface area contributed by atoms with Crippen LogP contribution in [0.2, 0.25) is 0 Å². The molecule has 0 spiro atoms. The molecule has 1 aliphatic carbocycles. The zero-order valence-corrected chi connectivity index (χ0v) is 21.0.